The van der Waals surface area contributed by atoms with E-state index in [-0.39, 0.29) is 24.3 Å². The Bertz CT molecular complexity index is 307. The van der Waals surface area contributed by atoms with Crippen LogP contribution in [-0.4, -0.2) is 17.9 Å². The van der Waals surface area contributed by atoms with Gasteiger partial charge in [-0.2, -0.15) is 0 Å². The van der Waals surface area contributed by atoms with Gasteiger partial charge in [0.25, 0.3) is 0 Å². The van der Waals surface area contributed by atoms with Gasteiger partial charge in [-0.15, -0.1) is 0 Å². The molecule has 104 valence electrons. The van der Waals surface area contributed by atoms with Gasteiger partial charge in [-0.3, -0.25) is 4.79 Å². The molecule has 0 saturated heterocycles. The molecule has 0 aromatic heterocycles. The van der Waals surface area contributed by atoms with Crippen molar-refractivity contribution in [3.63, 3.8) is 0 Å². The Morgan fingerprint density at radius 3 is 2.56 bits per heavy atom. The molecule has 0 aromatic rings. The minimum atomic E-state index is -0.235. The van der Waals surface area contributed by atoms with Gasteiger partial charge >= 0.3 is 5.97 Å². The van der Waals surface area contributed by atoms with Gasteiger partial charge in [-0.25, -0.2) is 0 Å². The van der Waals surface area contributed by atoms with Crippen LogP contribution >= 0.6 is 0 Å². The monoisotopic (exact) mass is 254 g/mol. The summed E-state index contributed by atoms with van der Waals surface area (Å²) in [6, 6.07) is 0. The molecule has 3 nitrogen and oxygen atoms in total. The number of ketones is 1. The molecule has 0 radical (unpaired) electrons. The number of ether oxygens (including phenoxy) is 1. The van der Waals surface area contributed by atoms with E-state index in [1.54, 1.807) is 0 Å². The molecule has 0 N–H and O–H groups in total. The summed E-state index contributed by atoms with van der Waals surface area (Å²) in [4.78, 5) is 22.4. The highest BCUT2D eigenvalue weighted by Crippen LogP contribution is 2.40. The third-order valence-corrected chi connectivity index (χ3v) is 3.91. The van der Waals surface area contributed by atoms with Crippen molar-refractivity contribution < 1.29 is 14.3 Å². The fraction of sp³-hybridized carbons (Fsp3) is 0.867. The minimum absolute atomic E-state index is 0.0240. The predicted molar refractivity (Wildman–Crippen MR) is 71.2 cm³/mol. The Kier molecular flexibility index (Phi) is 5.36. The molecule has 1 aliphatic rings. The van der Waals surface area contributed by atoms with Gasteiger partial charge in [-0.1, -0.05) is 20.3 Å². The van der Waals surface area contributed by atoms with Crippen LogP contribution in [-0.2, 0) is 14.3 Å². The van der Waals surface area contributed by atoms with E-state index in [2.05, 4.69) is 13.8 Å². The fourth-order valence-corrected chi connectivity index (χ4v) is 2.80. The zero-order valence-corrected chi connectivity index (χ0v) is 12.1. The molecular weight excluding hydrogens is 228 g/mol. The maximum atomic E-state index is 11.6. The van der Waals surface area contributed by atoms with Crippen LogP contribution < -0.4 is 0 Å². The van der Waals surface area contributed by atoms with Crippen LogP contribution in [0.3, 0.4) is 0 Å². The molecule has 0 aromatic carbocycles. The summed E-state index contributed by atoms with van der Waals surface area (Å²) in [5.41, 5.74) is 0.364. The molecule has 0 bridgehead atoms. The number of carbonyl (C=O) groups excluding carboxylic acids is 2. The highest BCUT2D eigenvalue weighted by Gasteiger charge is 2.32. The first kappa shape index (κ1) is 15.2. The number of esters is 1. The molecule has 0 amide bonds. The quantitative estimate of drug-likeness (QED) is 0.705. The van der Waals surface area contributed by atoms with Gasteiger partial charge in [0, 0.05) is 6.42 Å². The van der Waals surface area contributed by atoms with Crippen molar-refractivity contribution in [1.29, 1.82) is 0 Å². The summed E-state index contributed by atoms with van der Waals surface area (Å²) in [5, 5.41) is 0. The second-order valence-electron chi connectivity index (χ2n) is 6.42. The van der Waals surface area contributed by atoms with Crippen molar-refractivity contribution in [3.8, 4) is 0 Å². The summed E-state index contributed by atoms with van der Waals surface area (Å²) < 4.78 is 5.44. The van der Waals surface area contributed by atoms with E-state index >= 15 is 0 Å². The lowest BCUT2D eigenvalue weighted by atomic mass is 9.71. The number of hydrogen-bond donors (Lipinski definition) is 0. The van der Waals surface area contributed by atoms with Gasteiger partial charge < -0.3 is 9.53 Å². The lowest BCUT2D eigenvalue weighted by Gasteiger charge is -2.37. The van der Waals surface area contributed by atoms with Gasteiger partial charge in [0.2, 0.25) is 0 Å². The van der Waals surface area contributed by atoms with Crippen molar-refractivity contribution in [1.82, 2.24) is 0 Å². The van der Waals surface area contributed by atoms with Crippen molar-refractivity contribution in [2.24, 2.45) is 11.3 Å². The average Bonchev–Trinajstić information content (AvgIpc) is 2.25. The molecule has 1 saturated carbocycles. The summed E-state index contributed by atoms with van der Waals surface area (Å²) in [6.45, 7) is 8.05. The first-order chi connectivity index (χ1) is 8.30. The van der Waals surface area contributed by atoms with Crippen LogP contribution in [0.1, 0.15) is 66.2 Å². The second-order valence-corrected chi connectivity index (χ2v) is 6.42. The third kappa shape index (κ3) is 5.19. The van der Waals surface area contributed by atoms with Crippen LogP contribution in [0, 0.1) is 11.3 Å². The lowest BCUT2D eigenvalue weighted by molar-refractivity contribution is -0.153. The Labute approximate surface area is 110 Å². The van der Waals surface area contributed by atoms with E-state index in [1.165, 1.54) is 19.8 Å². The largest absolute Gasteiger partial charge is 0.462 e. The van der Waals surface area contributed by atoms with Crippen LogP contribution in [0.5, 0.6) is 0 Å². The molecule has 18 heavy (non-hydrogen) atoms. The van der Waals surface area contributed by atoms with Gasteiger partial charge in [-0.05, 0) is 44.4 Å². The normalized spacial score (nSPS) is 24.3. The lowest BCUT2D eigenvalue weighted by Crippen LogP contribution is -2.32. The van der Waals surface area contributed by atoms with Crippen LogP contribution in [0.25, 0.3) is 0 Å². The second kappa shape index (κ2) is 6.35. The molecule has 1 fully saturated rings. The zero-order valence-electron chi connectivity index (χ0n) is 12.1. The maximum absolute atomic E-state index is 11.6. The topological polar surface area (TPSA) is 43.4 Å². The molecule has 3 heteroatoms. The van der Waals surface area contributed by atoms with Crippen molar-refractivity contribution in [2.75, 3.05) is 0 Å². The highest BCUT2D eigenvalue weighted by molar-refractivity contribution is 5.81. The number of hydrogen-bond acceptors (Lipinski definition) is 3. The standard InChI is InChI=1S/C15H26O3/c1-11(16)7-8-14(17)18-12(2)13-6-5-9-15(3,4)10-13/h12-13H,5-10H2,1-4H3. The number of Topliss-reactive ketones (excluding diaryl/α,β-unsaturated/α-hetero) is 1. The first-order valence-corrected chi connectivity index (χ1v) is 6.99. The van der Waals surface area contributed by atoms with E-state index in [0.717, 1.165) is 12.8 Å². The summed E-state index contributed by atoms with van der Waals surface area (Å²) in [7, 11) is 0. The Hall–Kier alpha value is -0.860. The third-order valence-electron chi connectivity index (χ3n) is 3.91. The molecule has 1 aliphatic carbocycles. The zero-order chi connectivity index (χ0) is 13.8. The molecule has 0 aliphatic heterocycles. The van der Waals surface area contributed by atoms with E-state index in [9.17, 15) is 9.59 Å². The van der Waals surface area contributed by atoms with Gasteiger partial charge in [0.05, 0.1) is 6.42 Å². The molecule has 2 atom stereocenters. The summed E-state index contributed by atoms with van der Waals surface area (Å²) in [5.74, 6) is 0.273. The molecule has 2 unspecified atom stereocenters. The predicted octanol–water partition coefficient (Wildman–Crippen LogP) is 3.50. The smallest absolute Gasteiger partial charge is 0.306 e. The van der Waals surface area contributed by atoms with Gasteiger partial charge in [0.1, 0.15) is 11.9 Å². The average molecular weight is 254 g/mol. The number of rotatable bonds is 5. The van der Waals surface area contributed by atoms with Crippen molar-refractivity contribution in [2.45, 2.75) is 72.3 Å². The van der Waals surface area contributed by atoms with E-state index in [1.807, 2.05) is 6.92 Å². The van der Waals surface area contributed by atoms with E-state index in [0.29, 0.717) is 17.8 Å². The summed E-state index contributed by atoms with van der Waals surface area (Å²) in [6.07, 6.45) is 5.22. The number of carbonyl (C=O) groups is 2. The van der Waals surface area contributed by atoms with Crippen molar-refractivity contribution in [3.05, 3.63) is 0 Å². The fourth-order valence-electron chi connectivity index (χ4n) is 2.80. The van der Waals surface area contributed by atoms with Crippen LogP contribution in [0.4, 0.5) is 0 Å². The Morgan fingerprint density at radius 2 is 2.00 bits per heavy atom. The van der Waals surface area contributed by atoms with Crippen LogP contribution in [0.15, 0.2) is 0 Å². The molecule has 0 heterocycles. The van der Waals surface area contributed by atoms with E-state index in [4.69, 9.17) is 4.74 Å². The minimum Gasteiger partial charge on any atom is -0.462 e. The molecule has 1 rings (SSSR count). The maximum Gasteiger partial charge on any atom is 0.306 e. The Balaban J connectivity index is 2.37. The summed E-state index contributed by atoms with van der Waals surface area (Å²) >= 11 is 0. The SMILES string of the molecule is CC(=O)CCC(=O)OC(C)C1CCCC(C)(C)C1. The van der Waals surface area contributed by atoms with Crippen molar-refractivity contribution >= 4 is 11.8 Å². The van der Waals surface area contributed by atoms with Gasteiger partial charge in [0.15, 0.2) is 0 Å². The van der Waals surface area contributed by atoms with Crippen LogP contribution in [0.2, 0.25) is 0 Å². The van der Waals surface area contributed by atoms with E-state index < -0.39 is 0 Å². The molecule has 0 spiro atoms. The molecular formula is C15H26O3. The first-order valence-electron chi connectivity index (χ1n) is 6.99. The highest BCUT2D eigenvalue weighted by atomic mass is 16.5. The Morgan fingerprint density at radius 1 is 1.33 bits per heavy atom.